The number of carboxylic acids is 1. The topological polar surface area (TPSA) is 55.1 Å². The maximum Gasteiger partial charge on any atom is 0.339 e. The van der Waals surface area contributed by atoms with Crippen molar-refractivity contribution >= 4 is 29.2 Å². The first-order valence-electron chi connectivity index (χ1n) is 6.09. The highest BCUT2D eigenvalue weighted by molar-refractivity contribution is 6.36. The SMILES string of the molecule is CC(C)(C)n1cc(C(=O)O)c(-c2cc(F)c(Cl)cc2Cl)n1. The van der Waals surface area contributed by atoms with E-state index in [0.29, 0.717) is 0 Å². The van der Waals surface area contributed by atoms with Gasteiger partial charge in [0.2, 0.25) is 0 Å². The molecular formula is C14H13Cl2FN2O2. The molecule has 0 aliphatic rings. The van der Waals surface area contributed by atoms with Gasteiger partial charge >= 0.3 is 5.97 Å². The van der Waals surface area contributed by atoms with Gasteiger partial charge in [-0.3, -0.25) is 4.68 Å². The average Bonchev–Trinajstić information content (AvgIpc) is 2.78. The summed E-state index contributed by atoms with van der Waals surface area (Å²) < 4.78 is 15.2. The normalized spacial score (nSPS) is 11.7. The molecule has 0 saturated heterocycles. The van der Waals surface area contributed by atoms with Crippen molar-refractivity contribution in [2.45, 2.75) is 26.3 Å². The molecule has 0 aliphatic heterocycles. The zero-order valence-electron chi connectivity index (χ0n) is 11.6. The van der Waals surface area contributed by atoms with Gasteiger partial charge in [0.05, 0.1) is 15.6 Å². The zero-order valence-corrected chi connectivity index (χ0v) is 13.1. The lowest BCUT2D eigenvalue weighted by atomic mass is 10.1. The van der Waals surface area contributed by atoms with Gasteiger partial charge in [-0.2, -0.15) is 5.10 Å². The fraction of sp³-hybridized carbons (Fsp3) is 0.286. The molecule has 0 saturated carbocycles. The summed E-state index contributed by atoms with van der Waals surface area (Å²) in [5.41, 5.74) is -0.162. The molecule has 0 amide bonds. The summed E-state index contributed by atoms with van der Waals surface area (Å²) in [6.45, 7) is 5.62. The summed E-state index contributed by atoms with van der Waals surface area (Å²) in [5, 5.41) is 13.6. The second kappa shape index (κ2) is 5.31. The van der Waals surface area contributed by atoms with Crippen molar-refractivity contribution in [3.05, 3.63) is 39.8 Å². The van der Waals surface area contributed by atoms with Crippen molar-refractivity contribution in [3.8, 4) is 11.3 Å². The van der Waals surface area contributed by atoms with Gasteiger partial charge in [-0.25, -0.2) is 9.18 Å². The Morgan fingerprint density at radius 3 is 2.43 bits per heavy atom. The fourth-order valence-corrected chi connectivity index (χ4v) is 2.25. The van der Waals surface area contributed by atoms with E-state index in [1.807, 2.05) is 20.8 Å². The summed E-state index contributed by atoms with van der Waals surface area (Å²) in [4.78, 5) is 11.4. The Balaban J connectivity index is 2.71. The second-order valence-corrected chi connectivity index (χ2v) is 6.37. The Morgan fingerprint density at radius 1 is 1.29 bits per heavy atom. The van der Waals surface area contributed by atoms with Crippen molar-refractivity contribution in [2.24, 2.45) is 0 Å². The van der Waals surface area contributed by atoms with Gasteiger partial charge < -0.3 is 5.11 Å². The van der Waals surface area contributed by atoms with Gasteiger partial charge in [0.15, 0.2) is 0 Å². The van der Waals surface area contributed by atoms with E-state index in [1.165, 1.54) is 16.9 Å². The number of nitrogens with zero attached hydrogens (tertiary/aromatic N) is 2. The van der Waals surface area contributed by atoms with Gasteiger partial charge in [0.1, 0.15) is 17.1 Å². The predicted octanol–water partition coefficient (Wildman–Crippen LogP) is 4.45. The molecule has 0 unspecified atom stereocenters. The highest BCUT2D eigenvalue weighted by Crippen LogP contribution is 2.34. The van der Waals surface area contributed by atoms with Gasteiger partial charge in [0.25, 0.3) is 0 Å². The smallest absolute Gasteiger partial charge is 0.339 e. The maximum atomic E-state index is 13.6. The molecule has 0 aliphatic carbocycles. The second-order valence-electron chi connectivity index (χ2n) is 5.56. The summed E-state index contributed by atoms with van der Waals surface area (Å²) in [6.07, 6.45) is 1.40. The molecule has 1 aromatic carbocycles. The van der Waals surface area contributed by atoms with Crippen molar-refractivity contribution < 1.29 is 14.3 Å². The van der Waals surface area contributed by atoms with Crippen LogP contribution in [0.25, 0.3) is 11.3 Å². The number of carboxylic acid groups (broad SMARTS) is 1. The molecule has 1 heterocycles. The van der Waals surface area contributed by atoms with Gasteiger partial charge in [-0.1, -0.05) is 23.2 Å². The lowest BCUT2D eigenvalue weighted by Crippen LogP contribution is -2.22. The van der Waals surface area contributed by atoms with E-state index >= 15 is 0 Å². The van der Waals surface area contributed by atoms with Crippen LogP contribution in [0.3, 0.4) is 0 Å². The molecule has 0 spiro atoms. The first-order chi connectivity index (χ1) is 9.61. The Labute approximate surface area is 131 Å². The van der Waals surface area contributed by atoms with E-state index in [4.69, 9.17) is 23.2 Å². The summed E-state index contributed by atoms with van der Waals surface area (Å²) >= 11 is 11.7. The number of carbonyl (C=O) groups is 1. The first-order valence-corrected chi connectivity index (χ1v) is 6.85. The van der Waals surface area contributed by atoms with E-state index in [1.54, 1.807) is 0 Å². The van der Waals surface area contributed by atoms with Crippen LogP contribution in [0, 0.1) is 5.82 Å². The first kappa shape index (κ1) is 15.8. The average molecular weight is 331 g/mol. The minimum atomic E-state index is -1.16. The van der Waals surface area contributed by atoms with Gasteiger partial charge in [0, 0.05) is 11.8 Å². The molecule has 1 aromatic heterocycles. The van der Waals surface area contributed by atoms with Crippen LogP contribution in [0.1, 0.15) is 31.1 Å². The Hall–Kier alpha value is -1.59. The largest absolute Gasteiger partial charge is 0.478 e. The van der Waals surface area contributed by atoms with Crippen LogP contribution < -0.4 is 0 Å². The van der Waals surface area contributed by atoms with Crippen LogP contribution in [0.5, 0.6) is 0 Å². The highest BCUT2D eigenvalue weighted by atomic mass is 35.5. The minimum absolute atomic E-state index is 0.0476. The third-order valence-electron chi connectivity index (χ3n) is 2.90. The quantitative estimate of drug-likeness (QED) is 0.827. The van der Waals surface area contributed by atoms with E-state index in [2.05, 4.69) is 5.10 Å². The van der Waals surface area contributed by atoms with Crippen LogP contribution in [0.2, 0.25) is 10.0 Å². The van der Waals surface area contributed by atoms with Crippen LogP contribution in [0.4, 0.5) is 4.39 Å². The van der Waals surface area contributed by atoms with E-state index in [-0.39, 0.29) is 26.9 Å². The lowest BCUT2D eigenvalue weighted by Gasteiger charge is -2.18. The van der Waals surface area contributed by atoms with Crippen LogP contribution >= 0.6 is 23.2 Å². The summed E-state index contributed by atoms with van der Waals surface area (Å²) in [6, 6.07) is 2.32. The number of hydrogen-bond acceptors (Lipinski definition) is 2. The number of benzene rings is 1. The Kier molecular flexibility index (Phi) is 4.00. The van der Waals surface area contributed by atoms with E-state index in [9.17, 15) is 14.3 Å². The number of hydrogen-bond donors (Lipinski definition) is 1. The zero-order chi connectivity index (χ0) is 15.9. The molecule has 1 N–H and O–H groups in total. The van der Waals surface area contributed by atoms with E-state index < -0.39 is 17.3 Å². The standard InChI is InChI=1S/C14H13Cl2FN2O2/c1-14(2,3)19-6-8(13(20)21)12(18-19)7-4-11(17)10(16)5-9(7)15/h4-6H,1-3H3,(H,20,21). The third kappa shape index (κ3) is 3.04. The Morgan fingerprint density at radius 2 is 1.90 bits per heavy atom. The number of rotatable bonds is 2. The molecule has 2 rings (SSSR count). The molecule has 0 radical (unpaired) electrons. The fourth-order valence-electron chi connectivity index (χ4n) is 1.78. The molecule has 0 bridgehead atoms. The van der Waals surface area contributed by atoms with Crippen LogP contribution in [0.15, 0.2) is 18.3 Å². The Bertz CT molecular complexity index is 720. The lowest BCUT2D eigenvalue weighted by molar-refractivity contribution is 0.0697. The maximum absolute atomic E-state index is 13.6. The number of aromatic nitrogens is 2. The van der Waals surface area contributed by atoms with Gasteiger partial charge in [-0.05, 0) is 32.9 Å². The minimum Gasteiger partial charge on any atom is -0.478 e. The van der Waals surface area contributed by atoms with Crippen molar-refractivity contribution in [2.75, 3.05) is 0 Å². The third-order valence-corrected chi connectivity index (χ3v) is 3.50. The van der Waals surface area contributed by atoms with Crippen molar-refractivity contribution in [3.63, 3.8) is 0 Å². The predicted molar refractivity (Wildman–Crippen MR) is 79.6 cm³/mol. The molecule has 0 fully saturated rings. The van der Waals surface area contributed by atoms with Crippen molar-refractivity contribution in [1.29, 1.82) is 0 Å². The molecular weight excluding hydrogens is 318 g/mol. The van der Waals surface area contributed by atoms with Crippen molar-refractivity contribution in [1.82, 2.24) is 9.78 Å². The molecule has 0 atom stereocenters. The van der Waals surface area contributed by atoms with Crippen LogP contribution in [-0.2, 0) is 5.54 Å². The molecule has 112 valence electrons. The highest BCUT2D eigenvalue weighted by Gasteiger charge is 2.24. The number of aromatic carboxylic acids is 1. The summed E-state index contributed by atoms with van der Waals surface area (Å²) in [5.74, 6) is -1.84. The molecule has 7 heteroatoms. The van der Waals surface area contributed by atoms with Gasteiger partial charge in [-0.15, -0.1) is 0 Å². The van der Waals surface area contributed by atoms with E-state index in [0.717, 1.165) is 6.07 Å². The number of halogens is 3. The summed E-state index contributed by atoms with van der Waals surface area (Å²) in [7, 11) is 0. The van der Waals surface area contributed by atoms with Crippen LogP contribution in [-0.4, -0.2) is 20.9 Å². The molecule has 21 heavy (non-hydrogen) atoms. The monoisotopic (exact) mass is 330 g/mol. The molecule has 2 aromatic rings. The molecule has 4 nitrogen and oxygen atoms in total.